The Hall–Kier alpha value is -1.80. The van der Waals surface area contributed by atoms with E-state index in [1.54, 1.807) is 7.05 Å². The molecule has 1 aliphatic heterocycles. The van der Waals surface area contributed by atoms with Gasteiger partial charge in [-0.15, -0.1) is 24.0 Å². The number of rotatable bonds is 8. The third kappa shape index (κ3) is 7.80. The zero-order valence-corrected chi connectivity index (χ0v) is 20.4. The van der Waals surface area contributed by atoms with Crippen LogP contribution in [0.3, 0.4) is 0 Å². The Labute approximate surface area is 201 Å². The number of guanidine groups is 1. The minimum Gasteiger partial charge on any atom is -0.356 e. The van der Waals surface area contributed by atoms with Gasteiger partial charge in [-0.05, 0) is 36.1 Å². The molecule has 1 aliphatic rings. The van der Waals surface area contributed by atoms with Gasteiger partial charge in [0.25, 0.3) is 0 Å². The first-order valence-electron chi connectivity index (χ1n) is 10.1. The summed E-state index contributed by atoms with van der Waals surface area (Å²) >= 11 is 5.92. The fourth-order valence-corrected chi connectivity index (χ4v) is 3.68. The van der Waals surface area contributed by atoms with E-state index in [-0.39, 0.29) is 29.9 Å². The first kappa shape index (κ1) is 24.5. The number of carbonyl (C=O) groups excluding carboxylic acids is 1. The highest BCUT2D eigenvalue weighted by atomic mass is 127. The number of halogens is 2. The van der Waals surface area contributed by atoms with E-state index in [2.05, 4.69) is 27.8 Å². The molecule has 0 bridgehead atoms. The maximum absolute atomic E-state index is 12.3. The molecule has 1 amide bonds. The van der Waals surface area contributed by atoms with E-state index >= 15 is 0 Å². The number of aliphatic imine (C=N–C) groups is 1. The molecular weight excluding hydrogens is 511 g/mol. The van der Waals surface area contributed by atoms with Crippen LogP contribution in [0.4, 0.5) is 0 Å². The van der Waals surface area contributed by atoms with Gasteiger partial charge in [-0.25, -0.2) is 0 Å². The predicted octanol–water partition coefficient (Wildman–Crippen LogP) is 3.76. The van der Waals surface area contributed by atoms with Gasteiger partial charge in [0, 0.05) is 50.6 Å². The summed E-state index contributed by atoms with van der Waals surface area (Å²) in [6.45, 7) is 3.12. The van der Waals surface area contributed by atoms with Crippen molar-refractivity contribution in [2.75, 3.05) is 33.2 Å². The summed E-state index contributed by atoms with van der Waals surface area (Å²) in [7, 11) is 1.77. The van der Waals surface area contributed by atoms with Gasteiger partial charge < -0.3 is 15.5 Å². The minimum absolute atomic E-state index is 0. The second-order valence-corrected chi connectivity index (χ2v) is 7.84. The number of benzene rings is 2. The van der Waals surface area contributed by atoms with E-state index in [1.807, 2.05) is 47.4 Å². The quantitative estimate of drug-likeness (QED) is 0.305. The normalized spacial score (nSPS) is 16.3. The van der Waals surface area contributed by atoms with E-state index in [4.69, 9.17) is 11.6 Å². The highest BCUT2D eigenvalue weighted by Crippen LogP contribution is 2.17. The van der Waals surface area contributed by atoms with Crippen LogP contribution < -0.4 is 10.6 Å². The van der Waals surface area contributed by atoms with Crippen LogP contribution in [0.5, 0.6) is 0 Å². The number of likely N-dealkylation sites (tertiary alicyclic amines) is 1. The predicted molar refractivity (Wildman–Crippen MR) is 135 cm³/mol. The number of nitrogens with zero attached hydrogens (tertiary/aromatic N) is 2. The fraction of sp³-hybridized carbons (Fsp3) is 0.391. The summed E-state index contributed by atoms with van der Waals surface area (Å²) < 4.78 is 0. The summed E-state index contributed by atoms with van der Waals surface area (Å²) in [4.78, 5) is 18.6. The average molecular weight is 541 g/mol. The summed E-state index contributed by atoms with van der Waals surface area (Å²) in [6, 6.07) is 18.2. The Morgan fingerprint density at radius 1 is 1.07 bits per heavy atom. The molecule has 7 heteroatoms. The van der Waals surface area contributed by atoms with Crippen LogP contribution in [0.2, 0.25) is 5.02 Å². The lowest BCUT2D eigenvalue weighted by Crippen LogP contribution is -2.41. The minimum atomic E-state index is 0. The van der Waals surface area contributed by atoms with Crippen LogP contribution in [0.15, 0.2) is 59.6 Å². The van der Waals surface area contributed by atoms with Gasteiger partial charge in [-0.3, -0.25) is 9.79 Å². The lowest BCUT2D eigenvalue weighted by atomic mass is 10.1. The Bertz CT molecular complexity index is 814. The van der Waals surface area contributed by atoms with Crippen LogP contribution >= 0.6 is 35.6 Å². The van der Waals surface area contributed by atoms with Gasteiger partial charge in [0.05, 0.1) is 0 Å². The van der Waals surface area contributed by atoms with Crippen molar-refractivity contribution in [3.8, 4) is 0 Å². The Kier molecular flexibility index (Phi) is 10.4. The number of nitrogens with one attached hydrogen (secondary N) is 2. The lowest BCUT2D eigenvalue weighted by molar-refractivity contribution is -0.127. The molecule has 3 rings (SSSR count). The largest absolute Gasteiger partial charge is 0.356 e. The van der Waals surface area contributed by atoms with Gasteiger partial charge >= 0.3 is 0 Å². The van der Waals surface area contributed by atoms with Crippen LogP contribution in [0, 0.1) is 5.92 Å². The van der Waals surface area contributed by atoms with Gasteiger partial charge in [-0.1, -0.05) is 54.1 Å². The summed E-state index contributed by atoms with van der Waals surface area (Å²) in [5.74, 6) is 1.33. The van der Waals surface area contributed by atoms with E-state index < -0.39 is 0 Å². The molecule has 5 nitrogen and oxygen atoms in total. The molecule has 30 heavy (non-hydrogen) atoms. The van der Waals surface area contributed by atoms with Crippen molar-refractivity contribution in [3.63, 3.8) is 0 Å². The van der Waals surface area contributed by atoms with Crippen molar-refractivity contribution in [1.29, 1.82) is 0 Å². The van der Waals surface area contributed by atoms with Crippen molar-refractivity contribution in [3.05, 3.63) is 70.7 Å². The third-order valence-electron chi connectivity index (χ3n) is 5.21. The topological polar surface area (TPSA) is 56.7 Å². The van der Waals surface area contributed by atoms with Crippen LogP contribution in [0.1, 0.15) is 17.5 Å². The van der Waals surface area contributed by atoms with E-state index in [9.17, 15) is 4.79 Å². The molecule has 1 heterocycles. The number of amides is 1. The monoisotopic (exact) mass is 540 g/mol. The highest BCUT2D eigenvalue weighted by Gasteiger charge is 2.29. The zero-order chi connectivity index (χ0) is 20.5. The van der Waals surface area contributed by atoms with Crippen molar-refractivity contribution < 1.29 is 4.79 Å². The fourth-order valence-electron chi connectivity index (χ4n) is 3.55. The van der Waals surface area contributed by atoms with E-state index in [0.29, 0.717) is 12.3 Å². The maximum Gasteiger partial charge on any atom is 0.223 e. The van der Waals surface area contributed by atoms with Crippen LogP contribution in [0.25, 0.3) is 0 Å². The van der Waals surface area contributed by atoms with Gasteiger partial charge in [0.15, 0.2) is 5.96 Å². The Balaban J connectivity index is 0.00000320. The molecule has 1 saturated heterocycles. The van der Waals surface area contributed by atoms with Crippen molar-refractivity contribution >= 4 is 47.4 Å². The second kappa shape index (κ2) is 12.8. The van der Waals surface area contributed by atoms with E-state index in [1.165, 1.54) is 11.1 Å². The third-order valence-corrected chi connectivity index (χ3v) is 5.46. The second-order valence-electron chi connectivity index (χ2n) is 7.40. The first-order chi connectivity index (χ1) is 14.1. The maximum atomic E-state index is 12.3. The molecule has 0 saturated carbocycles. The standard InChI is InChI=1S/C23H29ClN4O.HI/c1-25-23(26-13-11-19-7-9-21(24)10-8-19)27-16-20-15-22(29)28(17-20)14-12-18-5-3-2-4-6-18;/h2-10,20H,11-17H2,1H3,(H2,25,26,27);1H. The molecule has 1 fully saturated rings. The SMILES string of the molecule is CN=C(NCCc1ccc(Cl)cc1)NCC1CC(=O)N(CCc2ccccc2)C1.I. The smallest absolute Gasteiger partial charge is 0.223 e. The summed E-state index contributed by atoms with van der Waals surface area (Å²) in [5.41, 5.74) is 2.50. The van der Waals surface area contributed by atoms with Crippen LogP contribution in [-0.4, -0.2) is 50.0 Å². The molecule has 0 aromatic heterocycles. The molecule has 0 spiro atoms. The molecule has 2 N–H and O–H groups in total. The summed E-state index contributed by atoms with van der Waals surface area (Å²) in [5, 5.41) is 7.45. The molecule has 2 aromatic rings. The van der Waals surface area contributed by atoms with Gasteiger partial charge in [0.1, 0.15) is 0 Å². The lowest BCUT2D eigenvalue weighted by Gasteiger charge is -2.18. The molecular formula is C23H30ClIN4O. The van der Waals surface area contributed by atoms with Crippen molar-refractivity contribution in [2.24, 2.45) is 10.9 Å². The molecule has 2 aromatic carbocycles. The Morgan fingerprint density at radius 3 is 2.47 bits per heavy atom. The number of hydrogen-bond acceptors (Lipinski definition) is 2. The molecule has 0 radical (unpaired) electrons. The molecule has 1 unspecified atom stereocenters. The Morgan fingerprint density at radius 2 is 1.77 bits per heavy atom. The van der Waals surface area contributed by atoms with E-state index in [0.717, 1.165) is 50.0 Å². The first-order valence-corrected chi connectivity index (χ1v) is 10.5. The number of carbonyl (C=O) groups is 1. The summed E-state index contributed by atoms with van der Waals surface area (Å²) in [6.07, 6.45) is 2.40. The average Bonchev–Trinajstić information content (AvgIpc) is 3.10. The van der Waals surface area contributed by atoms with Crippen LogP contribution in [-0.2, 0) is 17.6 Å². The zero-order valence-electron chi connectivity index (χ0n) is 17.3. The highest BCUT2D eigenvalue weighted by molar-refractivity contribution is 14.0. The number of hydrogen-bond donors (Lipinski definition) is 2. The molecule has 0 aliphatic carbocycles. The van der Waals surface area contributed by atoms with Gasteiger partial charge in [0.2, 0.25) is 5.91 Å². The molecule has 1 atom stereocenters. The van der Waals surface area contributed by atoms with Crippen molar-refractivity contribution in [2.45, 2.75) is 19.3 Å². The van der Waals surface area contributed by atoms with Crippen molar-refractivity contribution in [1.82, 2.24) is 15.5 Å². The molecule has 162 valence electrons. The van der Waals surface area contributed by atoms with Gasteiger partial charge in [-0.2, -0.15) is 0 Å².